The minimum absolute atomic E-state index is 0. The van der Waals surface area contributed by atoms with Gasteiger partial charge in [0.15, 0.2) is 0 Å². The molecule has 0 heterocycles. The van der Waals surface area contributed by atoms with Crippen molar-refractivity contribution in [2.75, 3.05) is 0 Å². The van der Waals surface area contributed by atoms with Crippen molar-refractivity contribution in [1.82, 2.24) is 0 Å². The summed E-state index contributed by atoms with van der Waals surface area (Å²) in [4.78, 5) is 0. The van der Waals surface area contributed by atoms with Crippen LogP contribution in [-0.2, 0) is 22.4 Å². The largest absolute Gasteiger partial charge is 0.103 e. The van der Waals surface area contributed by atoms with Crippen LogP contribution in [-0.4, -0.2) is 0 Å². The zero-order chi connectivity index (χ0) is 4.83. The van der Waals surface area contributed by atoms with Crippen LogP contribution in [0.25, 0.3) is 0 Å². The third kappa shape index (κ3) is 10.7. The molecule has 0 amide bonds. The van der Waals surface area contributed by atoms with Crippen LogP contribution in [0.15, 0.2) is 12.7 Å². The van der Waals surface area contributed by atoms with Gasteiger partial charge in [-0.05, 0) is 6.42 Å². The molecule has 0 aliphatic rings. The molecule has 0 nitrogen and oxygen atoms in total. The van der Waals surface area contributed by atoms with Gasteiger partial charge >= 0.3 is 0 Å². The van der Waals surface area contributed by atoms with Crippen LogP contribution < -0.4 is 0 Å². The number of hydrogen-bond acceptors (Lipinski definition) is 0. The Hall–Kier alpha value is 0.480. The molecule has 0 atom stereocenters. The van der Waals surface area contributed by atoms with Crippen LogP contribution in [0.4, 0.5) is 0 Å². The van der Waals surface area contributed by atoms with Gasteiger partial charge < -0.3 is 0 Å². The van der Waals surface area contributed by atoms with E-state index in [1.807, 2.05) is 6.08 Å². The third-order valence-electron chi connectivity index (χ3n) is 0.762. The van der Waals surface area contributed by atoms with E-state index < -0.39 is 0 Å². The Kier molecular flexibility index (Phi) is 14.5. The van der Waals surface area contributed by atoms with E-state index >= 15 is 0 Å². The average Bonchev–Trinajstić information content (AvgIpc) is 1.61. The fourth-order valence-corrected chi connectivity index (χ4v) is 0.348. The zero-order valence-corrected chi connectivity index (χ0v) is 6.19. The van der Waals surface area contributed by atoms with Gasteiger partial charge in [-0.15, -0.1) is 6.58 Å². The maximum atomic E-state index is 3.60. The van der Waals surface area contributed by atoms with Crippen LogP contribution >= 0.6 is 0 Å². The molecule has 0 unspecified atom stereocenters. The average molecular weight is 192 g/mol. The van der Waals surface area contributed by atoms with Crippen LogP contribution in [0.2, 0.25) is 0 Å². The van der Waals surface area contributed by atoms with Crippen molar-refractivity contribution < 1.29 is 22.4 Å². The Morgan fingerprint density at radius 1 is 1.57 bits per heavy atom. The molecule has 7 heavy (non-hydrogen) atoms. The first kappa shape index (κ1) is 10.5. The first-order valence-electron chi connectivity index (χ1n) is 2.52. The minimum atomic E-state index is 0. The number of unbranched alkanes of at least 4 members (excludes halogenated alkanes) is 2. The molecule has 0 saturated heterocycles. The molecule has 0 aliphatic heterocycles. The van der Waals surface area contributed by atoms with E-state index in [4.69, 9.17) is 0 Å². The van der Waals surface area contributed by atoms with Gasteiger partial charge in [-0.2, -0.15) is 0 Å². The Morgan fingerprint density at radius 2 is 2.14 bits per heavy atom. The fourth-order valence-electron chi connectivity index (χ4n) is 0.348. The second kappa shape index (κ2) is 9.70. The van der Waals surface area contributed by atoms with Crippen LogP contribution in [0, 0.1) is 0 Å². The van der Waals surface area contributed by atoms with E-state index in [0.717, 1.165) is 0 Å². The summed E-state index contributed by atoms with van der Waals surface area (Å²) in [5.74, 6) is 0. The van der Waals surface area contributed by atoms with Gasteiger partial charge in [-0.1, -0.05) is 25.8 Å². The molecule has 0 fully saturated rings. The van der Waals surface area contributed by atoms with Gasteiger partial charge in [0.2, 0.25) is 0 Å². The molecule has 0 bridgehead atoms. The topological polar surface area (TPSA) is 0 Å². The first-order chi connectivity index (χ1) is 2.91. The Balaban J connectivity index is 0. The predicted octanol–water partition coefficient (Wildman–Crippen LogP) is 2.36. The van der Waals surface area contributed by atoms with Crippen molar-refractivity contribution in [3.05, 3.63) is 12.7 Å². The van der Waals surface area contributed by atoms with Crippen molar-refractivity contribution in [2.45, 2.75) is 26.2 Å². The van der Waals surface area contributed by atoms with Crippen molar-refractivity contribution in [3.8, 4) is 0 Å². The molecule has 1 heteroatoms. The molecule has 47 valence electrons. The van der Waals surface area contributed by atoms with E-state index in [1.54, 1.807) is 0 Å². The summed E-state index contributed by atoms with van der Waals surface area (Å²) in [5.41, 5.74) is 0. The second-order valence-corrected chi connectivity index (χ2v) is 1.43. The van der Waals surface area contributed by atoms with Gasteiger partial charge in [-0.25, -0.2) is 0 Å². The molecule has 0 spiro atoms. The maximum absolute atomic E-state index is 3.60. The summed E-state index contributed by atoms with van der Waals surface area (Å²) in [6, 6.07) is 0. The smallest absolute Gasteiger partial charge is 0 e. The number of allylic oxidation sites excluding steroid dienone is 1. The molecule has 0 aromatic carbocycles. The SMILES string of the molecule is C=CCCCC.[Ag]. The zero-order valence-electron chi connectivity index (χ0n) is 4.71. The second-order valence-electron chi connectivity index (χ2n) is 1.43. The van der Waals surface area contributed by atoms with Crippen molar-refractivity contribution in [3.63, 3.8) is 0 Å². The van der Waals surface area contributed by atoms with E-state index in [1.165, 1.54) is 19.3 Å². The summed E-state index contributed by atoms with van der Waals surface area (Å²) in [5, 5.41) is 0. The molecule has 0 rings (SSSR count). The molecule has 0 saturated carbocycles. The van der Waals surface area contributed by atoms with Crippen molar-refractivity contribution >= 4 is 0 Å². The maximum Gasteiger partial charge on any atom is 0 e. The molecule has 0 aliphatic carbocycles. The van der Waals surface area contributed by atoms with Crippen molar-refractivity contribution in [1.29, 1.82) is 0 Å². The van der Waals surface area contributed by atoms with E-state index in [9.17, 15) is 0 Å². The Morgan fingerprint density at radius 3 is 2.29 bits per heavy atom. The third-order valence-corrected chi connectivity index (χ3v) is 0.762. The van der Waals surface area contributed by atoms with E-state index in [-0.39, 0.29) is 22.4 Å². The van der Waals surface area contributed by atoms with Gasteiger partial charge in [0.1, 0.15) is 0 Å². The van der Waals surface area contributed by atoms with Crippen LogP contribution in [0.1, 0.15) is 26.2 Å². The van der Waals surface area contributed by atoms with Gasteiger partial charge in [-0.3, -0.25) is 0 Å². The Bertz CT molecular complexity index is 33.2. The minimum Gasteiger partial charge on any atom is -0.103 e. The first-order valence-corrected chi connectivity index (χ1v) is 2.52. The molecular formula is C6H12Ag. The molecule has 0 aromatic rings. The van der Waals surface area contributed by atoms with Gasteiger partial charge in [0, 0.05) is 22.4 Å². The summed E-state index contributed by atoms with van der Waals surface area (Å²) < 4.78 is 0. The van der Waals surface area contributed by atoms with Gasteiger partial charge in [0.05, 0.1) is 0 Å². The Labute approximate surface area is 61.5 Å². The fraction of sp³-hybridized carbons (Fsp3) is 0.667. The molecule has 0 aromatic heterocycles. The standard InChI is InChI=1S/C6H12.Ag/c1-3-5-6-4-2;/h3H,1,4-6H2,2H3;. The number of rotatable bonds is 3. The predicted molar refractivity (Wildman–Crippen MR) is 29.7 cm³/mol. The molecule has 1 radical (unpaired) electrons. The van der Waals surface area contributed by atoms with E-state index in [2.05, 4.69) is 13.5 Å². The quantitative estimate of drug-likeness (QED) is 0.365. The van der Waals surface area contributed by atoms with Crippen LogP contribution in [0.3, 0.4) is 0 Å². The summed E-state index contributed by atoms with van der Waals surface area (Å²) >= 11 is 0. The summed E-state index contributed by atoms with van der Waals surface area (Å²) in [6.45, 7) is 5.78. The molecular weight excluding hydrogens is 180 g/mol. The van der Waals surface area contributed by atoms with Gasteiger partial charge in [0.25, 0.3) is 0 Å². The normalized spacial score (nSPS) is 7.00. The molecule has 0 N–H and O–H groups in total. The van der Waals surface area contributed by atoms with Crippen LogP contribution in [0.5, 0.6) is 0 Å². The van der Waals surface area contributed by atoms with Crippen molar-refractivity contribution in [2.24, 2.45) is 0 Å². The summed E-state index contributed by atoms with van der Waals surface area (Å²) in [6.07, 6.45) is 5.72. The monoisotopic (exact) mass is 191 g/mol. The number of hydrogen-bond donors (Lipinski definition) is 0. The summed E-state index contributed by atoms with van der Waals surface area (Å²) in [7, 11) is 0. The van der Waals surface area contributed by atoms with E-state index in [0.29, 0.717) is 0 Å².